The summed E-state index contributed by atoms with van der Waals surface area (Å²) in [7, 11) is 0. The highest BCUT2D eigenvalue weighted by Crippen LogP contribution is 2.30. The summed E-state index contributed by atoms with van der Waals surface area (Å²) in [5, 5.41) is 11.5. The Labute approximate surface area is 144 Å². The number of carbonyl (C=O) groups excluding carboxylic acids is 1. The minimum absolute atomic E-state index is 0.0266. The van der Waals surface area contributed by atoms with E-state index in [1.807, 2.05) is 6.92 Å². The van der Waals surface area contributed by atoms with Crippen molar-refractivity contribution in [1.29, 1.82) is 0 Å². The lowest BCUT2D eigenvalue weighted by Crippen LogP contribution is -2.24. The van der Waals surface area contributed by atoms with E-state index in [0.29, 0.717) is 52.2 Å². The normalized spacial score (nSPS) is 11.2. The van der Waals surface area contributed by atoms with Crippen LogP contribution in [-0.2, 0) is 0 Å². The number of amides is 1. The lowest BCUT2D eigenvalue weighted by molar-refractivity contribution is 0.0951. The molecule has 1 amide bonds. The number of aliphatic hydroxyl groups excluding tert-OH is 1. The molecule has 0 spiro atoms. The number of rotatable bonds is 4. The highest BCUT2D eigenvalue weighted by Gasteiger charge is 2.20. The Hall–Kier alpha value is -2.73. The van der Waals surface area contributed by atoms with E-state index >= 15 is 0 Å². The van der Waals surface area contributed by atoms with Crippen LogP contribution < -0.4 is 10.7 Å². The summed E-state index contributed by atoms with van der Waals surface area (Å²) in [6, 6.07) is 5.03. The SMILES string of the molecule is Cc1c2nc3ccc(C(=O)NCCCO)cc3oc-2c(C)c(=O)c1C. The van der Waals surface area contributed by atoms with Gasteiger partial charge >= 0.3 is 0 Å². The lowest BCUT2D eigenvalue weighted by Gasteiger charge is -2.13. The lowest BCUT2D eigenvalue weighted by atomic mass is 9.99. The fourth-order valence-corrected chi connectivity index (χ4v) is 2.78. The largest absolute Gasteiger partial charge is 0.452 e. The highest BCUT2D eigenvalue weighted by atomic mass is 16.3. The van der Waals surface area contributed by atoms with Crippen LogP contribution in [0.4, 0.5) is 0 Å². The van der Waals surface area contributed by atoms with Crippen LogP contribution in [0.2, 0.25) is 0 Å². The maximum atomic E-state index is 12.3. The van der Waals surface area contributed by atoms with Gasteiger partial charge in [-0.15, -0.1) is 0 Å². The molecular formula is C19H20N2O4. The van der Waals surface area contributed by atoms with Gasteiger partial charge in [0.25, 0.3) is 5.91 Å². The van der Waals surface area contributed by atoms with E-state index in [0.717, 1.165) is 5.56 Å². The summed E-state index contributed by atoms with van der Waals surface area (Å²) in [6.45, 7) is 5.79. The van der Waals surface area contributed by atoms with Gasteiger partial charge in [0.2, 0.25) is 0 Å². The second-order valence-corrected chi connectivity index (χ2v) is 6.11. The quantitative estimate of drug-likeness (QED) is 0.562. The predicted octanol–water partition coefficient (Wildman–Crippen LogP) is 2.33. The van der Waals surface area contributed by atoms with Crippen LogP contribution in [0.15, 0.2) is 27.4 Å². The van der Waals surface area contributed by atoms with Crippen molar-refractivity contribution in [2.24, 2.45) is 0 Å². The standard InChI is InChI=1S/C19H20N2O4/c1-10-11(2)17(23)12(3)18-16(10)21-14-6-5-13(9-15(14)25-18)19(24)20-7-4-8-22/h5-6,9,22H,4,7-8H2,1-3H3,(H,20,24). The van der Waals surface area contributed by atoms with Crippen molar-refractivity contribution in [2.75, 3.05) is 13.2 Å². The van der Waals surface area contributed by atoms with Gasteiger partial charge in [0.15, 0.2) is 16.8 Å². The number of fused-ring (bicyclic) bond motifs is 2. The number of aromatic nitrogens is 1. The Kier molecular flexibility index (Phi) is 4.55. The average Bonchev–Trinajstić information content (AvgIpc) is 2.63. The maximum absolute atomic E-state index is 12.3. The van der Waals surface area contributed by atoms with Gasteiger partial charge in [0.1, 0.15) is 11.2 Å². The van der Waals surface area contributed by atoms with Crippen molar-refractivity contribution >= 4 is 17.0 Å². The minimum Gasteiger partial charge on any atom is -0.452 e. The molecule has 1 aromatic rings. The molecule has 2 N–H and O–H groups in total. The van der Waals surface area contributed by atoms with E-state index < -0.39 is 0 Å². The first-order valence-corrected chi connectivity index (χ1v) is 8.17. The summed E-state index contributed by atoms with van der Waals surface area (Å²) >= 11 is 0. The van der Waals surface area contributed by atoms with Crippen LogP contribution in [0.25, 0.3) is 22.6 Å². The number of hydrogen-bond acceptors (Lipinski definition) is 5. The van der Waals surface area contributed by atoms with Gasteiger partial charge in [-0.2, -0.15) is 0 Å². The average molecular weight is 340 g/mol. The van der Waals surface area contributed by atoms with Crippen molar-refractivity contribution < 1.29 is 14.3 Å². The zero-order chi connectivity index (χ0) is 18.1. The van der Waals surface area contributed by atoms with Crippen molar-refractivity contribution in [3.05, 3.63) is 50.7 Å². The molecule has 0 saturated heterocycles. The smallest absolute Gasteiger partial charge is 0.251 e. The van der Waals surface area contributed by atoms with Crippen LogP contribution in [0, 0.1) is 20.8 Å². The molecule has 1 aliphatic heterocycles. The van der Waals surface area contributed by atoms with E-state index in [4.69, 9.17) is 9.52 Å². The molecule has 1 aliphatic carbocycles. The molecule has 6 nitrogen and oxygen atoms in total. The number of nitrogens with zero attached hydrogens (tertiary/aromatic N) is 1. The molecule has 0 saturated carbocycles. The second-order valence-electron chi connectivity index (χ2n) is 6.11. The van der Waals surface area contributed by atoms with Crippen LogP contribution in [-0.4, -0.2) is 29.1 Å². The molecule has 2 aliphatic rings. The molecule has 0 bridgehead atoms. The summed E-state index contributed by atoms with van der Waals surface area (Å²) in [6.07, 6.45) is 0.500. The molecule has 1 aromatic carbocycles. The van der Waals surface area contributed by atoms with Gasteiger partial charge in [-0.1, -0.05) is 0 Å². The van der Waals surface area contributed by atoms with Gasteiger partial charge in [-0.3, -0.25) is 9.59 Å². The molecule has 1 heterocycles. The Morgan fingerprint density at radius 3 is 2.68 bits per heavy atom. The molecule has 3 rings (SSSR count). The second kappa shape index (κ2) is 6.64. The highest BCUT2D eigenvalue weighted by molar-refractivity contribution is 5.97. The van der Waals surface area contributed by atoms with E-state index in [2.05, 4.69) is 10.3 Å². The molecule has 6 heteroatoms. The first kappa shape index (κ1) is 17.1. The number of hydrogen-bond donors (Lipinski definition) is 2. The zero-order valence-corrected chi connectivity index (χ0v) is 14.5. The maximum Gasteiger partial charge on any atom is 0.251 e. The first-order valence-electron chi connectivity index (χ1n) is 8.17. The molecule has 0 aromatic heterocycles. The van der Waals surface area contributed by atoms with Gasteiger partial charge in [0, 0.05) is 29.8 Å². The third-order valence-corrected chi connectivity index (χ3v) is 4.44. The fourth-order valence-electron chi connectivity index (χ4n) is 2.78. The topological polar surface area (TPSA) is 92.4 Å². The van der Waals surface area contributed by atoms with Crippen LogP contribution >= 0.6 is 0 Å². The summed E-state index contributed by atoms with van der Waals surface area (Å²) in [5.41, 5.74) is 4.14. The number of carbonyl (C=O) groups is 1. The Morgan fingerprint density at radius 1 is 1.20 bits per heavy atom. The summed E-state index contributed by atoms with van der Waals surface area (Å²) < 4.78 is 5.93. The third kappa shape index (κ3) is 3.00. The molecule has 0 radical (unpaired) electrons. The molecular weight excluding hydrogens is 320 g/mol. The minimum atomic E-state index is -0.244. The van der Waals surface area contributed by atoms with Crippen molar-refractivity contribution in [2.45, 2.75) is 27.2 Å². The third-order valence-electron chi connectivity index (χ3n) is 4.44. The van der Waals surface area contributed by atoms with E-state index in [1.54, 1.807) is 32.0 Å². The summed E-state index contributed by atoms with van der Waals surface area (Å²) in [4.78, 5) is 29.0. The van der Waals surface area contributed by atoms with Gasteiger partial charge in [-0.25, -0.2) is 4.98 Å². The molecule has 0 fully saturated rings. The van der Waals surface area contributed by atoms with Crippen molar-refractivity contribution in [1.82, 2.24) is 10.3 Å². The Morgan fingerprint density at radius 2 is 1.96 bits per heavy atom. The molecule has 25 heavy (non-hydrogen) atoms. The first-order chi connectivity index (χ1) is 11.9. The number of aliphatic hydroxyl groups is 1. The van der Waals surface area contributed by atoms with Crippen molar-refractivity contribution in [3.63, 3.8) is 0 Å². The Balaban J connectivity index is 2.12. The van der Waals surface area contributed by atoms with Crippen LogP contribution in [0.5, 0.6) is 0 Å². The van der Waals surface area contributed by atoms with Crippen LogP contribution in [0.3, 0.4) is 0 Å². The fraction of sp³-hybridized carbons (Fsp3) is 0.316. The molecule has 0 atom stereocenters. The molecule has 0 unspecified atom stereocenters. The van der Waals surface area contributed by atoms with Gasteiger partial charge in [-0.05, 0) is 51.0 Å². The van der Waals surface area contributed by atoms with E-state index in [9.17, 15) is 9.59 Å². The van der Waals surface area contributed by atoms with Crippen LogP contribution in [0.1, 0.15) is 33.5 Å². The van der Waals surface area contributed by atoms with E-state index in [-0.39, 0.29) is 17.9 Å². The van der Waals surface area contributed by atoms with Crippen molar-refractivity contribution in [3.8, 4) is 11.5 Å². The monoisotopic (exact) mass is 340 g/mol. The van der Waals surface area contributed by atoms with E-state index in [1.165, 1.54) is 0 Å². The predicted molar refractivity (Wildman–Crippen MR) is 95.1 cm³/mol. The molecule has 130 valence electrons. The Bertz CT molecular complexity index is 991. The van der Waals surface area contributed by atoms with Gasteiger partial charge < -0.3 is 14.8 Å². The zero-order valence-electron chi connectivity index (χ0n) is 14.5. The summed E-state index contributed by atoms with van der Waals surface area (Å²) in [5.74, 6) is 0.213. The number of nitrogens with one attached hydrogen (secondary N) is 1. The van der Waals surface area contributed by atoms with Gasteiger partial charge in [0.05, 0.1) is 0 Å². The number of benzene rings is 2.